The molecule has 0 amide bonds. The van der Waals surface area contributed by atoms with Gasteiger partial charge in [0, 0.05) is 24.5 Å². The van der Waals surface area contributed by atoms with Crippen LogP contribution in [0.25, 0.3) is 0 Å². The zero-order chi connectivity index (χ0) is 20.6. The van der Waals surface area contributed by atoms with Crippen molar-refractivity contribution in [2.75, 3.05) is 6.54 Å². The summed E-state index contributed by atoms with van der Waals surface area (Å²) >= 11 is 1.16. The molecule has 28 heavy (non-hydrogen) atoms. The van der Waals surface area contributed by atoms with Crippen molar-refractivity contribution in [3.8, 4) is 0 Å². The maximum Gasteiger partial charge on any atom is 0.416 e. The Bertz CT molecular complexity index is 849. The summed E-state index contributed by atoms with van der Waals surface area (Å²) in [6.45, 7) is 3.16. The highest BCUT2D eigenvalue weighted by Crippen LogP contribution is 2.29. The van der Waals surface area contributed by atoms with Crippen molar-refractivity contribution >= 4 is 21.4 Å². The quantitative estimate of drug-likeness (QED) is 0.494. The van der Waals surface area contributed by atoms with Crippen molar-refractivity contribution in [2.24, 2.45) is 0 Å². The molecule has 0 bridgehead atoms. The Morgan fingerprint density at radius 2 is 1.82 bits per heavy atom. The lowest BCUT2D eigenvalue weighted by molar-refractivity contribution is -0.137. The van der Waals surface area contributed by atoms with Gasteiger partial charge in [-0.3, -0.25) is 0 Å². The Morgan fingerprint density at radius 1 is 1.04 bits per heavy atom. The number of halogens is 3. The molecule has 0 unspecified atom stereocenters. The molecule has 1 heterocycles. The van der Waals surface area contributed by atoms with Crippen LogP contribution in [0.1, 0.15) is 48.6 Å². The molecule has 0 fully saturated rings. The third-order valence-corrected chi connectivity index (χ3v) is 7.15. The standard InChI is InChI=1S/C19H25F3N2O2S2/c1-2-3-4-5-11-24-28(25,26)18-10-9-17(27-18)14-23-13-15-7-6-8-16(12-15)19(20,21)22/h6-10,12,23-24H,2-5,11,13-14H2,1H3. The van der Waals surface area contributed by atoms with Crippen molar-refractivity contribution in [1.82, 2.24) is 10.0 Å². The van der Waals surface area contributed by atoms with Crippen LogP contribution >= 0.6 is 11.3 Å². The van der Waals surface area contributed by atoms with Crippen LogP contribution < -0.4 is 10.0 Å². The van der Waals surface area contributed by atoms with E-state index in [1.807, 2.05) is 0 Å². The number of thiophene rings is 1. The molecule has 0 saturated heterocycles. The van der Waals surface area contributed by atoms with E-state index in [-0.39, 0.29) is 10.8 Å². The topological polar surface area (TPSA) is 58.2 Å². The van der Waals surface area contributed by atoms with Gasteiger partial charge in [-0.1, -0.05) is 44.4 Å². The minimum absolute atomic E-state index is 0.249. The Morgan fingerprint density at radius 3 is 2.54 bits per heavy atom. The molecule has 0 aliphatic heterocycles. The molecular formula is C19H25F3N2O2S2. The van der Waals surface area contributed by atoms with Crippen LogP contribution in [-0.4, -0.2) is 15.0 Å². The van der Waals surface area contributed by atoms with E-state index in [2.05, 4.69) is 17.0 Å². The van der Waals surface area contributed by atoms with Gasteiger partial charge in [-0.25, -0.2) is 13.1 Å². The van der Waals surface area contributed by atoms with Gasteiger partial charge in [-0.2, -0.15) is 13.2 Å². The van der Waals surface area contributed by atoms with Crippen LogP contribution in [0.3, 0.4) is 0 Å². The van der Waals surface area contributed by atoms with Gasteiger partial charge in [0.15, 0.2) is 0 Å². The Balaban J connectivity index is 1.84. The molecule has 0 atom stereocenters. The second-order valence-electron chi connectivity index (χ2n) is 6.48. The highest BCUT2D eigenvalue weighted by molar-refractivity contribution is 7.91. The summed E-state index contributed by atoms with van der Waals surface area (Å²) in [6, 6.07) is 8.42. The minimum Gasteiger partial charge on any atom is -0.308 e. The molecule has 4 nitrogen and oxygen atoms in total. The number of benzene rings is 1. The van der Waals surface area contributed by atoms with Gasteiger partial charge in [0.25, 0.3) is 0 Å². The number of sulfonamides is 1. The van der Waals surface area contributed by atoms with E-state index in [9.17, 15) is 21.6 Å². The summed E-state index contributed by atoms with van der Waals surface area (Å²) in [7, 11) is -3.51. The van der Waals surface area contributed by atoms with Crippen LogP contribution in [-0.2, 0) is 29.3 Å². The van der Waals surface area contributed by atoms with Gasteiger partial charge in [0.1, 0.15) is 4.21 Å². The monoisotopic (exact) mass is 434 g/mol. The van der Waals surface area contributed by atoms with E-state index in [4.69, 9.17) is 0 Å². The van der Waals surface area contributed by atoms with Crippen LogP contribution in [0.15, 0.2) is 40.6 Å². The second kappa shape index (κ2) is 10.4. The molecule has 0 aliphatic rings. The van der Waals surface area contributed by atoms with E-state index >= 15 is 0 Å². The molecular weight excluding hydrogens is 409 g/mol. The lowest BCUT2D eigenvalue weighted by atomic mass is 10.1. The number of nitrogens with one attached hydrogen (secondary N) is 2. The Kier molecular flexibility index (Phi) is 8.48. The van der Waals surface area contributed by atoms with Gasteiger partial charge in [-0.15, -0.1) is 11.3 Å². The van der Waals surface area contributed by atoms with Gasteiger partial charge in [0.2, 0.25) is 10.0 Å². The summed E-state index contributed by atoms with van der Waals surface area (Å²) in [4.78, 5) is 0.804. The average molecular weight is 435 g/mol. The summed E-state index contributed by atoms with van der Waals surface area (Å²) in [6.07, 6.45) is -0.383. The maximum atomic E-state index is 12.7. The number of rotatable bonds is 11. The fraction of sp³-hybridized carbons (Fsp3) is 0.474. The van der Waals surface area contributed by atoms with E-state index in [1.54, 1.807) is 18.2 Å². The van der Waals surface area contributed by atoms with Crippen LogP contribution in [0.2, 0.25) is 0 Å². The molecule has 0 aliphatic carbocycles. The first-order valence-electron chi connectivity index (χ1n) is 9.17. The number of hydrogen-bond donors (Lipinski definition) is 2. The van der Waals surface area contributed by atoms with Crippen molar-refractivity contribution in [1.29, 1.82) is 0 Å². The van der Waals surface area contributed by atoms with Crippen LogP contribution in [0.5, 0.6) is 0 Å². The molecule has 0 saturated carbocycles. The summed E-state index contributed by atoms with van der Waals surface area (Å²) in [5.41, 5.74) is -0.158. The number of alkyl halides is 3. The first kappa shape index (κ1) is 22.9. The van der Waals surface area contributed by atoms with Gasteiger partial charge < -0.3 is 5.32 Å². The fourth-order valence-corrected chi connectivity index (χ4v) is 5.06. The lowest BCUT2D eigenvalue weighted by Gasteiger charge is -2.09. The number of unbranched alkanes of at least 4 members (excludes halogenated alkanes) is 3. The Labute approximate surface area is 168 Å². The van der Waals surface area contributed by atoms with Gasteiger partial charge in [-0.05, 0) is 30.2 Å². The maximum absolute atomic E-state index is 12.7. The minimum atomic E-state index is -4.36. The lowest BCUT2D eigenvalue weighted by Crippen LogP contribution is -2.23. The van der Waals surface area contributed by atoms with E-state index in [1.165, 1.54) is 6.07 Å². The van der Waals surface area contributed by atoms with Crippen molar-refractivity contribution in [2.45, 2.75) is 56.1 Å². The predicted molar refractivity (Wildman–Crippen MR) is 106 cm³/mol. The SMILES string of the molecule is CCCCCCNS(=O)(=O)c1ccc(CNCc2cccc(C(F)(F)F)c2)s1. The highest BCUT2D eigenvalue weighted by atomic mass is 32.2. The summed E-state index contributed by atoms with van der Waals surface area (Å²) in [5, 5.41) is 3.06. The van der Waals surface area contributed by atoms with Crippen molar-refractivity contribution in [3.05, 3.63) is 52.4 Å². The molecule has 0 radical (unpaired) electrons. The van der Waals surface area contributed by atoms with E-state index in [0.717, 1.165) is 54.0 Å². The zero-order valence-corrected chi connectivity index (χ0v) is 17.3. The van der Waals surface area contributed by atoms with Crippen LogP contribution in [0, 0.1) is 0 Å². The molecule has 2 rings (SSSR count). The highest BCUT2D eigenvalue weighted by Gasteiger charge is 2.30. The predicted octanol–water partition coefficient (Wildman–Crippen LogP) is 4.92. The molecule has 0 spiro atoms. The zero-order valence-electron chi connectivity index (χ0n) is 15.7. The summed E-state index contributed by atoms with van der Waals surface area (Å²) < 4.78 is 65.6. The normalized spacial score (nSPS) is 12.4. The largest absolute Gasteiger partial charge is 0.416 e. The first-order chi connectivity index (χ1) is 13.2. The molecule has 1 aromatic heterocycles. The van der Waals surface area contributed by atoms with E-state index in [0.29, 0.717) is 18.7 Å². The molecule has 2 aromatic rings. The third kappa shape index (κ3) is 7.20. The first-order valence-corrected chi connectivity index (χ1v) is 11.5. The van der Waals surface area contributed by atoms with Crippen LogP contribution in [0.4, 0.5) is 13.2 Å². The second-order valence-corrected chi connectivity index (χ2v) is 9.64. The van der Waals surface area contributed by atoms with Crippen molar-refractivity contribution < 1.29 is 21.6 Å². The van der Waals surface area contributed by atoms with Gasteiger partial charge >= 0.3 is 6.18 Å². The Hall–Kier alpha value is -1.42. The third-order valence-electron chi connectivity index (χ3n) is 4.11. The fourth-order valence-electron chi connectivity index (χ4n) is 2.61. The van der Waals surface area contributed by atoms with Gasteiger partial charge in [0.05, 0.1) is 5.56 Å². The number of hydrogen-bond acceptors (Lipinski definition) is 4. The molecule has 9 heteroatoms. The smallest absolute Gasteiger partial charge is 0.308 e. The van der Waals surface area contributed by atoms with Crippen molar-refractivity contribution in [3.63, 3.8) is 0 Å². The van der Waals surface area contributed by atoms with E-state index < -0.39 is 21.8 Å². The average Bonchev–Trinajstić information content (AvgIpc) is 3.11. The summed E-state index contributed by atoms with van der Waals surface area (Å²) in [5.74, 6) is 0. The molecule has 2 N–H and O–H groups in total. The molecule has 1 aromatic carbocycles. The molecule has 156 valence electrons.